The SMILES string of the molecule is COc1ccc2c(c1)C(NC(=S)Nc1ccc(Br)cc1F)CC(C)(C)O2. The predicted molar refractivity (Wildman–Crippen MR) is 109 cm³/mol. The molecule has 0 fully saturated rings. The molecule has 3 rings (SSSR count). The first-order valence-corrected chi connectivity index (χ1v) is 9.37. The van der Waals surface area contributed by atoms with Crippen LogP contribution >= 0.6 is 28.1 Å². The van der Waals surface area contributed by atoms with Crippen LogP contribution in [0.2, 0.25) is 0 Å². The van der Waals surface area contributed by atoms with Gasteiger partial charge in [-0.2, -0.15) is 0 Å². The van der Waals surface area contributed by atoms with Gasteiger partial charge in [0.05, 0.1) is 18.8 Å². The van der Waals surface area contributed by atoms with Crippen LogP contribution in [0.4, 0.5) is 10.1 Å². The Morgan fingerprint density at radius 1 is 1.31 bits per heavy atom. The van der Waals surface area contributed by atoms with E-state index in [1.807, 2.05) is 32.0 Å². The Morgan fingerprint density at radius 3 is 2.77 bits per heavy atom. The first-order chi connectivity index (χ1) is 12.3. The Kier molecular flexibility index (Phi) is 5.39. The van der Waals surface area contributed by atoms with E-state index >= 15 is 0 Å². The Bertz CT molecular complexity index is 844. The summed E-state index contributed by atoms with van der Waals surface area (Å²) in [5.41, 5.74) is 0.935. The summed E-state index contributed by atoms with van der Waals surface area (Å²) < 4.78 is 26.1. The molecule has 138 valence electrons. The van der Waals surface area contributed by atoms with E-state index in [-0.39, 0.29) is 17.5 Å². The third-order valence-electron chi connectivity index (χ3n) is 4.16. The molecule has 0 amide bonds. The minimum absolute atomic E-state index is 0.0811. The van der Waals surface area contributed by atoms with Gasteiger partial charge in [0.1, 0.15) is 22.9 Å². The molecule has 0 bridgehead atoms. The summed E-state index contributed by atoms with van der Waals surface area (Å²) in [4.78, 5) is 0. The van der Waals surface area contributed by atoms with Crippen LogP contribution in [0.5, 0.6) is 11.5 Å². The van der Waals surface area contributed by atoms with Crippen molar-refractivity contribution in [2.75, 3.05) is 12.4 Å². The molecular weight excluding hydrogens is 419 g/mol. The predicted octanol–water partition coefficient (Wildman–Crippen LogP) is 5.19. The van der Waals surface area contributed by atoms with Crippen LogP contribution in [0.15, 0.2) is 40.9 Å². The summed E-state index contributed by atoms with van der Waals surface area (Å²) in [7, 11) is 1.63. The van der Waals surface area contributed by atoms with E-state index in [4.69, 9.17) is 21.7 Å². The van der Waals surface area contributed by atoms with Crippen molar-refractivity contribution in [3.05, 3.63) is 52.3 Å². The number of rotatable bonds is 3. The van der Waals surface area contributed by atoms with Crippen LogP contribution in [0.1, 0.15) is 31.9 Å². The molecule has 0 aromatic heterocycles. The quantitative estimate of drug-likeness (QED) is 0.645. The summed E-state index contributed by atoms with van der Waals surface area (Å²) in [6.07, 6.45) is 0.706. The zero-order valence-electron chi connectivity index (χ0n) is 14.7. The number of hydrogen-bond donors (Lipinski definition) is 2. The molecule has 1 aliphatic rings. The molecule has 1 atom stereocenters. The lowest BCUT2D eigenvalue weighted by Crippen LogP contribution is -2.42. The molecule has 2 N–H and O–H groups in total. The molecule has 4 nitrogen and oxygen atoms in total. The van der Waals surface area contributed by atoms with Gasteiger partial charge in [-0.05, 0) is 62.5 Å². The van der Waals surface area contributed by atoms with Crippen molar-refractivity contribution < 1.29 is 13.9 Å². The molecule has 0 saturated carbocycles. The number of benzene rings is 2. The smallest absolute Gasteiger partial charge is 0.171 e. The van der Waals surface area contributed by atoms with Gasteiger partial charge in [0.25, 0.3) is 0 Å². The number of nitrogens with one attached hydrogen (secondary N) is 2. The molecule has 2 aromatic carbocycles. The van der Waals surface area contributed by atoms with Crippen LogP contribution in [-0.4, -0.2) is 17.8 Å². The molecule has 0 radical (unpaired) electrons. The molecule has 1 heterocycles. The van der Waals surface area contributed by atoms with E-state index in [9.17, 15) is 4.39 Å². The fraction of sp³-hybridized carbons (Fsp3) is 0.316. The zero-order valence-corrected chi connectivity index (χ0v) is 17.1. The lowest BCUT2D eigenvalue weighted by Gasteiger charge is -2.38. The summed E-state index contributed by atoms with van der Waals surface area (Å²) >= 11 is 8.65. The van der Waals surface area contributed by atoms with Gasteiger partial charge in [-0.3, -0.25) is 0 Å². The van der Waals surface area contributed by atoms with Crippen molar-refractivity contribution in [2.45, 2.75) is 31.9 Å². The lowest BCUT2D eigenvalue weighted by molar-refractivity contribution is 0.0695. The monoisotopic (exact) mass is 438 g/mol. The normalized spacial score (nSPS) is 17.7. The number of hydrogen-bond acceptors (Lipinski definition) is 3. The van der Waals surface area contributed by atoms with E-state index in [0.717, 1.165) is 17.1 Å². The number of fused-ring (bicyclic) bond motifs is 1. The number of halogens is 2. The maximum Gasteiger partial charge on any atom is 0.171 e. The van der Waals surface area contributed by atoms with Gasteiger partial charge in [0.15, 0.2) is 5.11 Å². The molecule has 0 aliphatic carbocycles. The molecule has 1 unspecified atom stereocenters. The van der Waals surface area contributed by atoms with Crippen LogP contribution in [0.25, 0.3) is 0 Å². The lowest BCUT2D eigenvalue weighted by atomic mass is 9.89. The Balaban J connectivity index is 1.81. The minimum atomic E-state index is -0.377. The van der Waals surface area contributed by atoms with Crippen molar-refractivity contribution >= 4 is 38.9 Å². The summed E-state index contributed by atoms with van der Waals surface area (Å²) in [6.45, 7) is 4.05. The Morgan fingerprint density at radius 2 is 2.08 bits per heavy atom. The van der Waals surface area contributed by atoms with E-state index in [2.05, 4.69) is 26.6 Å². The van der Waals surface area contributed by atoms with Gasteiger partial charge < -0.3 is 20.1 Å². The molecule has 0 saturated heterocycles. The molecule has 2 aromatic rings. The highest BCUT2D eigenvalue weighted by Crippen LogP contribution is 2.41. The second kappa shape index (κ2) is 7.40. The van der Waals surface area contributed by atoms with Crippen molar-refractivity contribution in [3.8, 4) is 11.5 Å². The second-order valence-electron chi connectivity index (χ2n) is 6.74. The largest absolute Gasteiger partial charge is 0.497 e. The Labute approximate surface area is 166 Å². The van der Waals surface area contributed by atoms with Crippen molar-refractivity contribution in [2.24, 2.45) is 0 Å². The fourth-order valence-corrected chi connectivity index (χ4v) is 3.58. The molecule has 0 spiro atoms. The molecule has 26 heavy (non-hydrogen) atoms. The summed E-state index contributed by atoms with van der Waals surface area (Å²) in [6, 6.07) is 10.4. The van der Waals surface area contributed by atoms with Crippen LogP contribution in [0, 0.1) is 5.82 Å². The second-order valence-corrected chi connectivity index (χ2v) is 8.07. The number of ether oxygens (including phenoxy) is 2. The minimum Gasteiger partial charge on any atom is -0.497 e. The third-order valence-corrected chi connectivity index (χ3v) is 4.87. The van der Waals surface area contributed by atoms with E-state index < -0.39 is 0 Å². The number of thiocarbonyl (C=S) groups is 1. The van der Waals surface area contributed by atoms with E-state index in [0.29, 0.717) is 21.7 Å². The fourth-order valence-electron chi connectivity index (χ4n) is 3.00. The van der Waals surface area contributed by atoms with Crippen LogP contribution in [-0.2, 0) is 0 Å². The van der Waals surface area contributed by atoms with Crippen molar-refractivity contribution in [1.29, 1.82) is 0 Å². The van der Waals surface area contributed by atoms with E-state index in [1.54, 1.807) is 19.2 Å². The maximum atomic E-state index is 14.0. The average Bonchev–Trinajstić information content (AvgIpc) is 2.56. The average molecular weight is 439 g/mol. The highest BCUT2D eigenvalue weighted by atomic mass is 79.9. The topological polar surface area (TPSA) is 42.5 Å². The Hall–Kier alpha value is -1.86. The van der Waals surface area contributed by atoms with Gasteiger partial charge in [-0.15, -0.1) is 0 Å². The standard InChI is InChI=1S/C19H20BrFN2O2S/c1-19(2)10-16(13-9-12(24-3)5-7-17(13)25-19)23-18(26)22-15-6-4-11(20)8-14(15)21/h4-9,16H,10H2,1-3H3,(H2,22,23,26). The molecule has 1 aliphatic heterocycles. The van der Waals surface area contributed by atoms with Gasteiger partial charge in [0, 0.05) is 16.5 Å². The summed E-state index contributed by atoms with van der Waals surface area (Å²) in [5, 5.41) is 6.55. The van der Waals surface area contributed by atoms with Gasteiger partial charge in [-0.1, -0.05) is 15.9 Å². The van der Waals surface area contributed by atoms with E-state index in [1.165, 1.54) is 6.07 Å². The zero-order chi connectivity index (χ0) is 18.9. The number of anilines is 1. The summed E-state index contributed by atoms with van der Waals surface area (Å²) in [5.74, 6) is 1.16. The molecule has 7 heteroatoms. The number of methoxy groups -OCH3 is 1. The van der Waals surface area contributed by atoms with Crippen molar-refractivity contribution in [3.63, 3.8) is 0 Å². The van der Waals surface area contributed by atoms with Crippen molar-refractivity contribution in [1.82, 2.24) is 5.32 Å². The van der Waals surface area contributed by atoms with Crippen LogP contribution in [0.3, 0.4) is 0 Å². The van der Waals surface area contributed by atoms with Gasteiger partial charge >= 0.3 is 0 Å². The highest BCUT2D eigenvalue weighted by Gasteiger charge is 2.34. The van der Waals surface area contributed by atoms with Gasteiger partial charge in [0.2, 0.25) is 0 Å². The maximum absolute atomic E-state index is 14.0. The molecular formula is C19H20BrFN2O2S. The highest BCUT2D eigenvalue weighted by molar-refractivity contribution is 9.10. The first-order valence-electron chi connectivity index (χ1n) is 8.17. The van der Waals surface area contributed by atoms with Crippen LogP contribution < -0.4 is 20.1 Å². The first kappa shape index (κ1) is 18.9. The third kappa shape index (κ3) is 4.27. The van der Waals surface area contributed by atoms with Gasteiger partial charge in [-0.25, -0.2) is 4.39 Å².